The SMILES string of the molecule is CC(C)C1=CC=CC1.[Ce]. The molecule has 0 saturated carbocycles. The first-order chi connectivity index (χ1) is 3.80. The van der Waals surface area contributed by atoms with Gasteiger partial charge in [-0.05, 0) is 12.3 Å². The summed E-state index contributed by atoms with van der Waals surface area (Å²) in [6.45, 7) is 4.47. The fraction of sp³-hybridized carbons (Fsp3) is 0.500. The second-order valence-electron chi connectivity index (χ2n) is 2.53. The zero-order valence-corrected chi connectivity index (χ0v) is 9.16. The normalized spacial score (nSPS) is 15.7. The summed E-state index contributed by atoms with van der Waals surface area (Å²) in [6, 6.07) is 0. The zero-order valence-electron chi connectivity index (χ0n) is 6.02. The molecule has 0 aromatic rings. The van der Waals surface area contributed by atoms with Crippen molar-refractivity contribution in [3.05, 3.63) is 23.8 Å². The first-order valence-electron chi connectivity index (χ1n) is 3.16. The van der Waals surface area contributed by atoms with Gasteiger partial charge in [-0.15, -0.1) is 0 Å². The molecular weight excluding hydrogens is 236 g/mol. The molecule has 0 aromatic carbocycles. The maximum absolute atomic E-state index is 2.23. The van der Waals surface area contributed by atoms with Gasteiger partial charge in [-0.3, -0.25) is 0 Å². The summed E-state index contributed by atoms with van der Waals surface area (Å²) in [7, 11) is 0. The fourth-order valence-corrected chi connectivity index (χ4v) is 0.892. The molecule has 0 aliphatic heterocycles. The molecule has 0 amide bonds. The number of hydrogen-bond donors (Lipinski definition) is 0. The van der Waals surface area contributed by atoms with Crippen LogP contribution in [0.1, 0.15) is 20.3 Å². The first-order valence-corrected chi connectivity index (χ1v) is 3.16. The Hall–Kier alpha value is 0.857. The van der Waals surface area contributed by atoms with Crippen LogP contribution in [-0.4, -0.2) is 0 Å². The summed E-state index contributed by atoms with van der Waals surface area (Å²) in [5.74, 6) is 0.741. The molecule has 9 heavy (non-hydrogen) atoms. The van der Waals surface area contributed by atoms with Crippen LogP contribution in [0.15, 0.2) is 23.8 Å². The van der Waals surface area contributed by atoms with Gasteiger partial charge < -0.3 is 0 Å². The number of hydrogen-bond acceptors (Lipinski definition) is 0. The van der Waals surface area contributed by atoms with Crippen LogP contribution in [0.4, 0.5) is 0 Å². The van der Waals surface area contributed by atoms with E-state index in [2.05, 4.69) is 32.1 Å². The standard InChI is InChI=1S/C8H12.Ce/c1-7(2)8-5-3-4-6-8;/h3-5,7H,6H2,1-2H3;. The molecule has 48 valence electrons. The van der Waals surface area contributed by atoms with E-state index in [-0.39, 0.29) is 41.7 Å². The molecule has 1 aliphatic rings. The molecule has 0 atom stereocenters. The molecule has 0 aromatic heterocycles. The van der Waals surface area contributed by atoms with Gasteiger partial charge in [-0.25, -0.2) is 0 Å². The molecule has 0 radical (unpaired) electrons. The van der Waals surface area contributed by atoms with E-state index in [4.69, 9.17) is 0 Å². The molecule has 0 spiro atoms. The molecule has 0 unspecified atom stereocenters. The Labute approximate surface area is 90.8 Å². The number of rotatable bonds is 1. The van der Waals surface area contributed by atoms with Crippen LogP contribution in [0.25, 0.3) is 0 Å². The fourth-order valence-electron chi connectivity index (χ4n) is 0.892. The van der Waals surface area contributed by atoms with E-state index in [1.54, 1.807) is 5.57 Å². The maximum Gasteiger partial charge on any atom is 0 e. The van der Waals surface area contributed by atoms with Gasteiger partial charge in [0.25, 0.3) is 0 Å². The van der Waals surface area contributed by atoms with Crippen molar-refractivity contribution in [2.75, 3.05) is 0 Å². The molecular formula is C8H12Ce. The van der Waals surface area contributed by atoms with Crippen molar-refractivity contribution in [1.82, 2.24) is 0 Å². The topological polar surface area (TPSA) is 0 Å². The van der Waals surface area contributed by atoms with Crippen LogP contribution >= 0.6 is 0 Å². The van der Waals surface area contributed by atoms with Gasteiger partial charge in [0.05, 0.1) is 0 Å². The quantitative estimate of drug-likeness (QED) is 0.669. The van der Waals surface area contributed by atoms with Crippen molar-refractivity contribution in [3.8, 4) is 0 Å². The Morgan fingerprint density at radius 2 is 2.11 bits per heavy atom. The van der Waals surface area contributed by atoms with Gasteiger partial charge in [-0.1, -0.05) is 37.6 Å². The largest absolute Gasteiger partial charge is 0.0805 e. The van der Waals surface area contributed by atoms with E-state index in [0.717, 1.165) is 5.92 Å². The van der Waals surface area contributed by atoms with Crippen LogP contribution in [0.5, 0.6) is 0 Å². The third-order valence-corrected chi connectivity index (χ3v) is 1.54. The summed E-state index contributed by atoms with van der Waals surface area (Å²) in [6.07, 6.45) is 7.73. The predicted octanol–water partition coefficient (Wildman–Crippen LogP) is 2.53. The minimum Gasteiger partial charge on any atom is -0.0805 e. The first kappa shape index (κ1) is 9.86. The smallest absolute Gasteiger partial charge is 0 e. The number of allylic oxidation sites excluding steroid dienone is 4. The van der Waals surface area contributed by atoms with Crippen molar-refractivity contribution in [2.24, 2.45) is 5.92 Å². The zero-order chi connectivity index (χ0) is 5.98. The van der Waals surface area contributed by atoms with Crippen molar-refractivity contribution in [3.63, 3.8) is 0 Å². The van der Waals surface area contributed by atoms with Crippen molar-refractivity contribution in [1.29, 1.82) is 0 Å². The van der Waals surface area contributed by atoms with E-state index < -0.39 is 0 Å². The molecule has 0 heterocycles. The van der Waals surface area contributed by atoms with Crippen LogP contribution < -0.4 is 0 Å². The Kier molecular flexibility index (Phi) is 5.08. The Balaban J connectivity index is 0.000000640. The molecule has 0 nitrogen and oxygen atoms in total. The van der Waals surface area contributed by atoms with Crippen molar-refractivity contribution < 1.29 is 41.7 Å². The Morgan fingerprint density at radius 3 is 2.33 bits per heavy atom. The van der Waals surface area contributed by atoms with Gasteiger partial charge in [0.1, 0.15) is 0 Å². The van der Waals surface area contributed by atoms with Crippen LogP contribution in [0, 0.1) is 47.7 Å². The van der Waals surface area contributed by atoms with Crippen molar-refractivity contribution >= 4 is 0 Å². The third-order valence-electron chi connectivity index (χ3n) is 1.54. The van der Waals surface area contributed by atoms with E-state index in [1.165, 1.54) is 6.42 Å². The van der Waals surface area contributed by atoms with E-state index in [9.17, 15) is 0 Å². The van der Waals surface area contributed by atoms with E-state index >= 15 is 0 Å². The summed E-state index contributed by atoms with van der Waals surface area (Å²) in [5, 5.41) is 0. The minimum absolute atomic E-state index is 0. The van der Waals surface area contributed by atoms with Gasteiger partial charge in [-0.2, -0.15) is 0 Å². The average Bonchev–Trinajstić information content (AvgIpc) is 2.12. The Morgan fingerprint density at radius 1 is 1.44 bits per heavy atom. The van der Waals surface area contributed by atoms with E-state index in [1.807, 2.05) is 0 Å². The van der Waals surface area contributed by atoms with Crippen LogP contribution in [0.2, 0.25) is 0 Å². The average molecular weight is 248 g/mol. The molecule has 0 saturated heterocycles. The van der Waals surface area contributed by atoms with Gasteiger partial charge >= 0.3 is 0 Å². The molecule has 0 fully saturated rings. The molecule has 1 aliphatic carbocycles. The van der Waals surface area contributed by atoms with Gasteiger partial charge in [0.15, 0.2) is 0 Å². The summed E-state index contributed by atoms with van der Waals surface area (Å²) in [5.41, 5.74) is 1.56. The Bertz CT molecular complexity index is 132. The summed E-state index contributed by atoms with van der Waals surface area (Å²) < 4.78 is 0. The summed E-state index contributed by atoms with van der Waals surface area (Å²) in [4.78, 5) is 0. The second kappa shape index (κ2) is 4.64. The second-order valence-corrected chi connectivity index (χ2v) is 2.53. The summed E-state index contributed by atoms with van der Waals surface area (Å²) >= 11 is 0. The maximum atomic E-state index is 2.23. The van der Waals surface area contributed by atoms with Gasteiger partial charge in [0.2, 0.25) is 0 Å². The van der Waals surface area contributed by atoms with E-state index in [0.29, 0.717) is 0 Å². The predicted molar refractivity (Wildman–Crippen MR) is 36.7 cm³/mol. The molecule has 0 bridgehead atoms. The molecule has 1 rings (SSSR count). The van der Waals surface area contributed by atoms with Crippen LogP contribution in [-0.2, 0) is 0 Å². The van der Waals surface area contributed by atoms with Crippen molar-refractivity contribution in [2.45, 2.75) is 20.3 Å². The van der Waals surface area contributed by atoms with Crippen LogP contribution in [0.3, 0.4) is 0 Å². The molecule has 0 N–H and O–H groups in total. The van der Waals surface area contributed by atoms with Gasteiger partial charge in [0, 0.05) is 41.7 Å². The minimum atomic E-state index is 0. The molecule has 1 heteroatoms. The third kappa shape index (κ3) is 2.96. The monoisotopic (exact) mass is 248 g/mol.